The summed E-state index contributed by atoms with van der Waals surface area (Å²) in [5.74, 6) is 0.460. The van der Waals surface area contributed by atoms with Gasteiger partial charge in [-0.2, -0.15) is 0 Å². The van der Waals surface area contributed by atoms with Crippen molar-refractivity contribution in [1.29, 1.82) is 0 Å². The Bertz CT molecular complexity index is 951. The second kappa shape index (κ2) is 9.65. The van der Waals surface area contributed by atoms with Gasteiger partial charge in [0.15, 0.2) is 0 Å². The lowest BCUT2D eigenvalue weighted by atomic mass is 9.90. The standard InChI is InChI=1S/C24H32N2O3S/c1-4-23(26(30(3,28)29)22-12-8-9-19(2)17-22)24(27)25-15-13-21(14-16-25)18-20-10-6-5-7-11-20/h5-12,17,21,23H,4,13-16,18H2,1-3H3/t23-/m0/s1. The van der Waals surface area contributed by atoms with E-state index in [0.717, 1.165) is 24.8 Å². The van der Waals surface area contributed by atoms with Crippen LogP contribution in [0.15, 0.2) is 54.6 Å². The first kappa shape index (κ1) is 22.3. The van der Waals surface area contributed by atoms with Crippen LogP contribution in [0.3, 0.4) is 0 Å². The molecule has 0 unspecified atom stereocenters. The monoisotopic (exact) mass is 428 g/mol. The van der Waals surface area contributed by atoms with Crippen molar-refractivity contribution in [1.82, 2.24) is 4.90 Å². The summed E-state index contributed by atoms with van der Waals surface area (Å²) in [6.45, 7) is 5.15. The molecular formula is C24H32N2O3S. The molecular weight excluding hydrogens is 396 g/mol. The van der Waals surface area contributed by atoms with Gasteiger partial charge in [0.05, 0.1) is 11.9 Å². The van der Waals surface area contributed by atoms with Crippen LogP contribution in [-0.2, 0) is 21.2 Å². The summed E-state index contributed by atoms with van der Waals surface area (Å²) in [4.78, 5) is 15.2. The number of piperidine rings is 1. The van der Waals surface area contributed by atoms with Gasteiger partial charge >= 0.3 is 0 Å². The minimum absolute atomic E-state index is 0.0948. The molecule has 162 valence electrons. The van der Waals surface area contributed by atoms with Crippen molar-refractivity contribution in [2.45, 2.75) is 45.6 Å². The van der Waals surface area contributed by atoms with Crippen LogP contribution in [0.25, 0.3) is 0 Å². The van der Waals surface area contributed by atoms with E-state index >= 15 is 0 Å². The van der Waals surface area contributed by atoms with E-state index in [1.165, 1.54) is 16.1 Å². The zero-order chi connectivity index (χ0) is 21.7. The fraction of sp³-hybridized carbons (Fsp3) is 0.458. The normalized spacial score (nSPS) is 16.3. The van der Waals surface area contributed by atoms with Crippen molar-refractivity contribution >= 4 is 21.6 Å². The van der Waals surface area contributed by atoms with E-state index in [4.69, 9.17) is 0 Å². The lowest BCUT2D eigenvalue weighted by Gasteiger charge is -2.37. The molecule has 1 aliphatic rings. The second-order valence-electron chi connectivity index (χ2n) is 8.28. The van der Waals surface area contributed by atoms with Crippen molar-refractivity contribution < 1.29 is 13.2 Å². The molecule has 1 amide bonds. The Morgan fingerprint density at radius 2 is 1.77 bits per heavy atom. The summed E-state index contributed by atoms with van der Waals surface area (Å²) in [6, 6.07) is 17.1. The van der Waals surface area contributed by atoms with Gasteiger partial charge in [0, 0.05) is 13.1 Å². The molecule has 30 heavy (non-hydrogen) atoms. The number of anilines is 1. The third-order valence-corrected chi connectivity index (χ3v) is 7.04. The topological polar surface area (TPSA) is 57.7 Å². The summed E-state index contributed by atoms with van der Waals surface area (Å²) in [6.07, 6.45) is 4.53. The number of carbonyl (C=O) groups is 1. The molecule has 6 heteroatoms. The van der Waals surface area contributed by atoms with E-state index in [9.17, 15) is 13.2 Å². The predicted octanol–water partition coefficient (Wildman–Crippen LogP) is 4.02. The lowest BCUT2D eigenvalue weighted by molar-refractivity contribution is -0.133. The molecule has 1 heterocycles. The number of rotatable bonds is 7. The number of carbonyl (C=O) groups excluding carboxylic acids is 1. The van der Waals surface area contributed by atoms with E-state index in [0.29, 0.717) is 31.1 Å². The van der Waals surface area contributed by atoms with Crippen molar-refractivity contribution in [3.05, 3.63) is 65.7 Å². The Morgan fingerprint density at radius 1 is 1.10 bits per heavy atom. The van der Waals surface area contributed by atoms with Gasteiger partial charge in [0.1, 0.15) is 6.04 Å². The van der Waals surface area contributed by atoms with Crippen LogP contribution in [0.1, 0.15) is 37.3 Å². The van der Waals surface area contributed by atoms with Crippen molar-refractivity contribution in [3.63, 3.8) is 0 Å². The van der Waals surface area contributed by atoms with Gasteiger partial charge in [-0.05, 0) is 61.8 Å². The number of sulfonamides is 1. The van der Waals surface area contributed by atoms with Crippen molar-refractivity contribution in [2.75, 3.05) is 23.7 Å². The SMILES string of the molecule is CC[C@@H](C(=O)N1CCC(Cc2ccccc2)CC1)N(c1cccc(C)c1)S(C)(=O)=O. The van der Waals surface area contributed by atoms with E-state index in [1.807, 2.05) is 43.0 Å². The number of likely N-dealkylation sites (tertiary alicyclic amines) is 1. The van der Waals surface area contributed by atoms with Crippen LogP contribution < -0.4 is 4.31 Å². The Morgan fingerprint density at radius 3 is 2.33 bits per heavy atom. The van der Waals surface area contributed by atoms with E-state index in [-0.39, 0.29) is 5.91 Å². The van der Waals surface area contributed by atoms with Crippen LogP contribution in [0.5, 0.6) is 0 Å². The number of benzene rings is 2. The lowest BCUT2D eigenvalue weighted by Crippen LogP contribution is -2.52. The number of hydrogen-bond donors (Lipinski definition) is 0. The smallest absolute Gasteiger partial charge is 0.246 e. The molecule has 0 aromatic heterocycles. The maximum Gasteiger partial charge on any atom is 0.246 e. The molecule has 1 saturated heterocycles. The van der Waals surface area contributed by atoms with Crippen molar-refractivity contribution in [3.8, 4) is 0 Å². The zero-order valence-corrected chi connectivity index (χ0v) is 18.9. The van der Waals surface area contributed by atoms with Crippen LogP contribution in [0.2, 0.25) is 0 Å². The molecule has 5 nitrogen and oxygen atoms in total. The first-order valence-corrected chi connectivity index (χ1v) is 12.5. The fourth-order valence-corrected chi connectivity index (χ4v) is 5.52. The van der Waals surface area contributed by atoms with Crippen LogP contribution >= 0.6 is 0 Å². The summed E-state index contributed by atoms with van der Waals surface area (Å²) in [5, 5.41) is 0. The average molecular weight is 429 g/mol. The van der Waals surface area contributed by atoms with Gasteiger partial charge in [0.2, 0.25) is 15.9 Å². The summed E-state index contributed by atoms with van der Waals surface area (Å²) >= 11 is 0. The maximum absolute atomic E-state index is 13.4. The minimum Gasteiger partial charge on any atom is -0.341 e. The molecule has 1 atom stereocenters. The molecule has 0 bridgehead atoms. The molecule has 0 aliphatic carbocycles. The first-order chi connectivity index (χ1) is 14.3. The predicted molar refractivity (Wildman–Crippen MR) is 122 cm³/mol. The highest BCUT2D eigenvalue weighted by molar-refractivity contribution is 7.92. The second-order valence-corrected chi connectivity index (χ2v) is 10.1. The quantitative estimate of drug-likeness (QED) is 0.669. The molecule has 0 N–H and O–H groups in total. The largest absolute Gasteiger partial charge is 0.341 e. The van der Waals surface area contributed by atoms with Gasteiger partial charge in [-0.1, -0.05) is 49.4 Å². The average Bonchev–Trinajstić information content (AvgIpc) is 2.72. The molecule has 2 aromatic rings. The van der Waals surface area contributed by atoms with Gasteiger partial charge in [-0.3, -0.25) is 9.10 Å². The van der Waals surface area contributed by atoms with E-state index < -0.39 is 16.1 Å². The molecule has 0 radical (unpaired) electrons. The Labute approximate surface area is 180 Å². The number of hydrogen-bond acceptors (Lipinski definition) is 3. The molecule has 0 saturated carbocycles. The third kappa shape index (κ3) is 5.42. The summed E-state index contributed by atoms with van der Waals surface area (Å²) < 4.78 is 26.6. The third-order valence-electron chi connectivity index (χ3n) is 5.86. The van der Waals surface area contributed by atoms with Crippen LogP contribution in [0.4, 0.5) is 5.69 Å². The van der Waals surface area contributed by atoms with Crippen LogP contribution in [-0.4, -0.2) is 44.6 Å². The molecule has 0 spiro atoms. The van der Waals surface area contributed by atoms with Crippen molar-refractivity contribution in [2.24, 2.45) is 5.92 Å². The van der Waals surface area contributed by atoms with Gasteiger partial charge in [0.25, 0.3) is 0 Å². The van der Waals surface area contributed by atoms with E-state index in [2.05, 4.69) is 24.3 Å². The minimum atomic E-state index is -3.60. The van der Waals surface area contributed by atoms with Gasteiger partial charge in [-0.15, -0.1) is 0 Å². The Kier molecular flexibility index (Phi) is 7.19. The summed E-state index contributed by atoms with van der Waals surface area (Å²) in [7, 11) is -3.60. The number of aryl methyl sites for hydroxylation is 1. The number of amides is 1. The molecule has 2 aromatic carbocycles. The number of nitrogens with zero attached hydrogens (tertiary/aromatic N) is 2. The fourth-order valence-electron chi connectivity index (χ4n) is 4.32. The highest BCUT2D eigenvalue weighted by atomic mass is 32.2. The zero-order valence-electron chi connectivity index (χ0n) is 18.1. The summed E-state index contributed by atoms with van der Waals surface area (Å²) in [5.41, 5.74) is 2.85. The highest BCUT2D eigenvalue weighted by Crippen LogP contribution is 2.27. The molecule has 1 aliphatic heterocycles. The van der Waals surface area contributed by atoms with Gasteiger partial charge in [-0.25, -0.2) is 8.42 Å². The van der Waals surface area contributed by atoms with Gasteiger partial charge < -0.3 is 4.90 Å². The van der Waals surface area contributed by atoms with E-state index in [1.54, 1.807) is 6.07 Å². The highest BCUT2D eigenvalue weighted by Gasteiger charge is 2.35. The van der Waals surface area contributed by atoms with Crippen LogP contribution in [0, 0.1) is 12.8 Å². The maximum atomic E-state index is 13.4. The Balaban J connectivity index is 1.72. The molecule has 3 rings (SSSR count). The molecule has 1 fully saturated rings. The first-order valence-electron chi connectivity index (χ1n) is 10.7. The Hall–Kier alpha value is -2.34.